The summed E-state index contributed by atoms with van der Waals surface area (Å²) in [6, 6.07) is 17.8. The van der Waals surface area contributed by atoms with Crippen LogP contribution in [0.15, 0.2) is 67.3 Å². The SMILES string of the molecule is C=CC[C@H]1c2ccccc2C(=O)N1[C@@H](COC)c1ccccc1. The lowest BCUT2D eigenvalue weighted by Crippen LogP contribution is -2.35. The number of fused-ring (bicyclic) bond motifs is 1. The molecule has 0 N–H and O–H groups in total. The average molecular weight is 307 g/mol. The molecular weight excluding hydrogens is 286 g/mol. The maximum Gasteiger partial charge on any atom is 0.255 e. The molecular formula is C20H21NO2. The Bertz CT molecular complexity index is 696. The molecule has 2 aromatic rings. The Morgan fingerprint density at radius 2 is 1.87 bits per heavy atom. The van der Waals surface area contributed by atoms with E-state index in [1.54, 1.807) is 7.11 Å². The fourth-order valence-corrected chi connectivity index (χ4v) is 3.34. The lowest BCUT2D eigenvalue weighted by Gasteiger charge is -2.33. The van der Waals surface area contributed by atoms with E-state index in [0.717, 1.165) is 23.1 Å². The monoisotopic (exact) mass is 307 g/mol. The van der Waals surface area contributed by atoms with Gasteiger partial charge in [-0.2, -0.15) is 0 Å². The van der Waals surface area contributed by atoms with Crippen molar-refractivity contribution >= 4 is 5.91 Å². The number of rotatable bonds is 6. The molecule has 3 heteroatoms. The lowest BCUT2D eigenvalue weighted by atomic mass is 10.0. The highest BCUT2D eigenvalue weighted by atomic mass is 16.5. The van der Waals surface area contributed by atoms with Gasteiger partial charge >= 0.3 is 0 Å². The summed E-state index contributed by atoms with van der Waals surface area (Å²) in [5, 5.41) is 0. The Morgan fingerprint density at radius 3 is 2.57 bits per heavy atom. The summed E-state index contributed by atoms with van der Waals surface area (Å²) >= 11 is 0. The minimum absolute atomic E-state index is 0.0107. The molecule has 23 heavy (non-hydrogen) atoms. The van der Waals surface area contributed by atoms with Gasteiger partial charge in [0.25, 0.3) is 5.91 Å². The Hall–Kier alpha value is -2.39. The number of hydrogen-bond donors (Lipinski definition) is 0. The molecule has 1 heterocycles. The van der Waals surface area contributed by atoms with Crippen LogP contribution in [0.2, 0.25) is 0 Å². The van der Waals surface area contributed by atoms with Crippen LogP contribution in [0.25, 0.3) is 0 Å². The predicted molar refractivity (Wildman–Crippen MR) is 91.2 cm³/mol. The molecule has 0 radical (unpaired) electrons. The first-order valence-electron chi connectivity index (χ1n) is 7.84. The van der Waals surface area contributed by atoms with E-state index in [2.05, 4.69) is 6.58 Å². The van der Waals surface area contributed by atoms with Gasteiger partial charge in [-0.25, -0.2) is 0 Å². The van der Waals surface area contributed by atoms with Crippen LogP contribution in [0.4, 0.5) is 0 Å². The number of ether oxygens (including phenoxy) is 1. The minimum atomic E-state index is -0.106. The number of nitrogens with zero attached hydrogens (tertiary/aromatic N) is 1. The Kier molecular flexibility index (Phi) is 4.58. The molecule has 1 aliphatic rings. The maximum atomic E-state index is 13.0. The van der Waals surface area contributed by atoms with Crippen molar-refractivity contribution in [2.75, 3.05) is 13.7 Å². The summed E-state index contributed by atoms with van der Waals surface area (Å²) in [7, 11) is 1.67. The van der Waals surface area contributed by atoms with E-state index in [1.165, 1.54) is 0 Å². The number of carbonyl (C=O) groups excluding carboxylic acids is 1. The fraction of sp³-hybridized carbons (Fsp3) is 0.250. The third kappa shape index (κ3) is 2.80. The topological polar surface area (TPSA) is 29.5 Å². The molecule has 3 nitrogen and oxygen atoms in total. The third-order valence-electron chi connectivity index (χ3n) is 4.36. The Balaban J connectivity index is 2.05. The molecule has 1 aliphatic heterocycles. The molecule has 0 aliphatic carbocycles. The van der Waals surface area contributed by atoms with Crippen molar-refractivity contribution in [2.24, 2.45) is 0 Å². The van der Waals surface area contributed by atoms with Crippen LogP contribution in [0.1, 0.15) is 40.0 Å². The van der Waals surface area contributed by atoms with Gasteiger partial charge < -0.3 is 9.64 Å². The van der Waals surface area contributed by atoms with E-state index in [0.29, 0.717) is 6.61 Å². The first kappa shape index (κ1) is 15.5. The van der Waals surface area contributed by atoms with Gasteiger partial charge in [0, 0.05) is 12.7 Å². The summed E-state index contributed by atoms with van der Waals surface area (Å²) in [6.45, 7) is 4.34. The zero-order chi connectivity index (χ0) is 16.2. The second-order valence-electron chi connectivity index (χ2n) is 5.72. The highest BCUT2D eigenvalue weighted by Crippen LogP contribution is 2.41. The molecule has 0 spiro atoms. The van der Waals surface area contributed by atoms with Crippen molar-refractivity contribution in [3.63, 3.8) is 0 Å². The third-order valence-corrected chi connectivity index (χ3v) is 4.36. The predicted octanol–water partition coefficient (Wildman–Crippen LogP) is 4.15. The molecule has 0 unspecified atom stereocenters. The van der Waals surface area contributed by atoms with Crippen LogP contribution in [-0.4, -0.2) is 24.5 Å². The molecule has 0 saturated carbocycles. The molecule has 0 aromatic heterocycles. The molecule has 3 rings (SSSR count). The van der Waals surface area contributed by atoms with Crippen LogP contribution in [0.5, 0.6) is 0 Å². The smallest absolute Gasteiger partial charge is 0.255 e. The van der Waals surface area contributed by atoms with E-state index in [1.807, 2.05) is 65.6 Å². The number of methoxy groups -OCH3 is 1. The summed E-state index contributed by atoms with van der Waals surface area (Å²) in [6.07, 6.45) is 2.61. The summed E-state index contributed by atoms with van der Waals surface area (Å²) in [4.78, 5) is 15.0. The highest BCUT2D eigenvalue weighted by Gasteiger charge is 2.40. The van der Waals surface area contributed by atoms with Crippen molar-refractivity contribution in [3.05, 3.63) is 83.9 Å². The summed E-state index contributed by atoms with van der Waals surface area (Å²) in [5.41, 5.74) is 2.95. The van der Waals surface area contributed by atoms with Crippen molar-refractivity contribution in [1.29, 1.82) is 0 Å². The Morgan fingerprint density at radius 1 is 1.17 bits per heavy atom. The average Bonchev–Trinajstić information content (AvgIpc) is 2.87. The standard InChI is InChI=1S/C20H21NO2/c1-3-9-18-16-12-7-8-13-17(16)20(22)21(18)19(14-23-2)15-10-5-4-6-11-15/h3-8,10-13,18-19H,1,9,14H2,2H3/t18-,19-/m0/s1. The lowest BCUT2D eigenvalue weighted by molar-refractivity contribution is 0.0449. The van der Waals surface area contributed by atoms with Gasteiger partial charge in [0.05, 0.1) is 18.7 Å². The highest BCUT2D eigenvalue weighted by molar-refractivity contribution is 5.99. The largest absolute Gasteiger partial charge is 0.382 e. The van der Waals surface area contributed by atoms with Gasteiger partial charge in [-0.1, -0.05) is 54.6 Å². The van der Waals surface area contributed by atoms with Gasteiger partial charge in [-0.15, -0.1) is 6.58 Å². The molecule has 0 saturated heterocycles. The van der Waals surface area contributed by atoms with Gasteiger partial charge in [0.2, 0.25) is 0 Å². The number of hydrogen-bond acceptors (Lipinski definition) is 2. The van der Waals surface area contributed by atoms with Gasteiger partial charge in [-0.3, -0.25) is 4.79 Å². The first-order valence-corrected chi connectivity index (χ1v) is 7.84. The van der Waals surface area contributed by atoms with Crippen molar-refractivity contribution in [1.82, 2.24) is 4.90 Å². The normalized spacial score (nSPS) is 17.9. The number of benzene rings is 2. The van der Waals surface area contributed by atoms with Gasteiger partial charge in [-0.05, 0) is 23.6 Å². The quantitative estimate of drug-likeness (QED) is 0.750. The van der Waals surface area contributed by atoms with Crippen molar-refractivity contribution < 1.29 is 9.53 Å². The Labute approximate surface area is 137 Å². The van der Waals surface area contributed by atoms with Crippen LogP contribution in [0, 0.1) is 0 Å². The molecule has 2 aromatic carbocycles. The zero-order valence-corrected chi connectivity index (χ0v) is 13.3. The fourth-order valence-electron chi connectivity index (χ4n) is 3.34. The van der Waals surface area contributed by atoms with E-state index >= 15 is 0 Å². The van der Waals surface area contributed by atoms with E-state index in [-0.39, 0.29) is 18.0 Å². The molecule has 0 bridgehead atoms. The van der Waals surface area contributed by atoms with E-state index in [9.17, 15) is 4.79 Å². The van der Waals surface area contributed by atoms with Crippen LogP contribution in [-0.2, 0) is 4.74 Å². The number of carbonyl (C=O) groups is 1. The van der Waals surface area contributed by atoms with Crippen LogP contribution in [0.3, 0.4) is 0 Å². The molecule has 0 fully saturated rings. The second-order valence-corrected chi connectivity index (χ2v) is 5.72. The summed E-state index contributed by atoms with van der Waals surface area (Å²) < 4.78 is 5.42. The van der Waals surface area contributed by atoms with Crippen molar-refractivity contribution in [2.45, 2.75) is 18.5 Å². The zero-order valence-electron chi connectivity index (χ0n) is 13.3. The number of amides is 1. The minimum Gasteiger partial charge on any atom is -0.382 e. The maximum absolute atomic E-state index is 13.0. The van der Waals surface area contributed by atoms with Gasteiger partial charge in [0.15, 0.2) is 0 Å². The van der Waals surface area contributed by atoms with Crippen molar-refractivity contribution in [3.8, 4) is 0 Å². The molecule has 1 amide bonds. The van der Waals surface area contributed by atoms with Crippen LogP contribution < -0.4 is 0 Å². The molecule has 118 valence electrons. The molecule has 2 atom stereocenters. The van der Waals surface area contributed by atoms with Crippen LogP contribution >= 0.6 is 0 Å². The first-order chi connectivity index (χ1) is 11.3. The summed E-state index contributed by atoms with van der Waals surface area (Å²) in [5.74, 6) is 0.0679. The van der Waals surface area contributed by atoms with E-state index < -0.39 is 0 Å². The van der Waals surface area contributed by atoms with E-state index in [4.69, 9.17) is 4.74 Å². The second kappa shape index (κ2) is 6.80. The van der Waals surface area contributed by atoms with Gasteiger partial charge in [0.1, 0.15) is 0 Å².